The van der Waals surface area contributed by atoms with Gasteiger partial charge in [-0.1, -0.05) is 6.07 Å². The smallest absolute Gasteiger partial charge is 0.254 e. The first-order valence-electron chi connectivity index (χ1n) is 11.4. The van der Waals surface area contributed by atoms with Crippen LogP contribution in [0.15, 0.2) is 60.9 Å². The molecule has 8 nitrogen and oxygen atoms in total. The van der Waals surface area contributed by atoms with Gasteiger partial charge >= 0.3 is 0 Å². The zero-order chi connectivity index (χ0) is 23.3. The Balaban J connectivity index is 1.20. The Morgan fingerprint density at radius 2 is 1.50 bits per heavy atom. The van der Waals surface area contributed by atoms with E-state index < -0.39 is 0 Å². The molecule has 2 aromatic carbocycles. The second kappa shape index (κ2) is 10.0. The second-order valence-corrected chi connectivity index (χ2v) is 8.20. The summed E-state index contributed by atoms with van der Waals surface area (Å²) in [4.78, 5) is 28.2. The lowest BCUT2D eigenvalue weighted by Gasteiger charge is -2.36. The highest BCUT2D eigenvalue weighted by molar-refractivity contribution is 5.94. The number of hydrogen-bond donors (Lipinski definition) is 0. The summed E-state index contributed by atoms with van der Waals surface area (Å²) in [6, 6.07) is 14.9. The molecule has 2 aliphatic rings. The second-order valence-electron chi connectivity index (χ2n) is 8.20. The van der Waals surface area contributed by atoms with E-state index in [1.165, 1.54) is 12.1 Å². The zero-order valence-corrected chi connectivity index (χ0v) is 18.8. The number of nitrogens with zero attached hydrogens (tertiary/aromatic N) is 5. The number of morpholine rings is 1. The van der Waals surface area contributed by atoms with Crippen molar-refractivity contribution in [3.63, 3.8) is 0 Å². The number of hydrogen-bond acceptors (Lipinski definition) is 7. The summed E-state index contributed by atoms with van der Waals surface area (Å²) in [5.41, 5.74) is 0.560. The number of halogens is 1. The van der Waals surface area contributed by atoms with Crippen LogP contribution in [0.3, 0.4) is 0 Å². The molecule has 0 unspecified atom stereocenters. The normalized spacial score (nSPS) is 16.4. The van der Waals surface area contributed by atoms with Gasteiger partial charge in [0.15, 0.2) is 0 Å². The highest BCUT2D eigenvalue weighted by Gasteiger charge is 2.24. The van der Waals surface area contributed by atoms with Crippen molar-refractivity contribution in [2.24, 2.45) is 0 Å². The van der Waals surface area contributed by atoms with Crippen LogP contribution >= 0.6 is 0 Å². The van der Waals surface area contributed by atoms with E-state index in [0.717, 1.165) is 24.7 Å². The van der Waals surface area contributed by atoms with Crippen LogP contribution in [0.5, 0.6) is 11.5 Å². The topological polar surface area (TPSA) is 71.0 Å². The maximum Gasteiger partial charge on any atom is 0.254 e. The van der Waals surface area contributed by atoms with Gasteiger partial charge in [-0.15, -0.1) is 0 Å². The SMILES string of the molecule is O=C(c1cccc(Oc2ccc(F)cc2)c1)N1CCN(c2cc(N3CCOCC3)ncn2)CC1. The highest BCUT2D eigenvalue weighted by atomic mass is 19.1. The molecule has 2 saturated heterocycles. The number of rotatable bonds is 5. The minimum atomic E-state index is -0.324. The van der Waals surface area contributed by atoms with Crippen LogP contribution in [-0.4, -0.2) is 73.3 Å². The average Bonchev–Trinajstić information content (AvgIpc) is 2.90. The molecule has 2 aliphatic heterocycles. The quantitative estimate of drug-likeness (QED) is 0.576. The molecule has 0 N–H and O–H groups in total. The first-order chi connectivity index (χ1) is 16.7. The minimum absolute atomic E-state index is 0.0408. The maximum atomic E-state index is 13.1. The van der Waals surface area contributed by atoms with E-state index in [-0.39, 0.29) is 11.7 Å². The summed E-state index contributed by atoms with van der Waals surface area (Å²) in [6.07, 6.45) is 1.60. The van der Waals surface area contributed by atoms with E-state index in [4.69, 9.17) is 9.47 Å². The molecule has 0 radical (unpaired) electrons. The van der Waals surface area contributed by atoms with E-state index in [9.17, 15) is 9.18 Å². The van der Waals surface area contributed by atoms with Crippen LogP contribution in [-0.2, 0) is 4.74 Å². The van der Waals surface area contributed by atoms with Crippen molar-refractivity contribution in [1.29, 1.82) is 0 Å². The Kier molecular flexibility index (Phi) is 6.53. The Bertz CT molecular complexity index is 1130. The van der Waals surface area contributed by atoms with Crippen LogP contribution in [0.2, 0.25) is 0 Å². The highest BCUT2D eigenvalue weighted by Crippen LogP contribution is 2.24. The first-order valence-corrected chi connectivity index (χ1v) is 11.4. The van der Waals surface area contributed by atoms with E-state index in [0.29, 0.717) is 56.5 Å². The molecule has 1 aromatic heterocycles. The molecule has 0 bridgehead atoms. The molecule has 2 fully saturated rings. The number of aromatic nitrogens is 2. The molecule has 1 amide bonds. The lowest BCUT2D eigenvalue weighted by Crippen LogP contribution is -2.49. The number of carbonyl (C=O) groups is 1. The molecular weight excluding hydrogens is 437 g/mol. The molecule has 0 spiro atoms. The van der Waals surface area contributed by atoms with Crippen molar-refractivity contribution in [3.05, 3.63) is 72.3 Å². The lowest BCUT2D eigenvalue weighted by atomic mass is 10.1. The van der Waals surface area contributed by atoms with Crippen molar-refractivity contribution >= 4 is 17.5 Å². The Hall–Kier alpha value is -3.72. The molecule has 176 valence electrons. The van der Waals surface area contributed by atoms with Gasteiger partial charge in [-0.3, -0.25) is 4.79 Å². The molecule has 3 aromatic rings. The molecule has 0 saturated carbocycles. The van der Waals surface area contributed by atoms with Crippen molar-refractivity contribution in [1.82, 2.24) is 14.9 Å². The number of anilines is 2. The first kappa shape index (κ1) is 22.1. The van der Waals surface area contributed by atoms with E-state index in [1.807, 2.05) is 11.0 Å². The molecule has 0 atom stereocenters. The monoisotopic (exact) mass is 463 g/mol. The Morgan fingerprint density at radius 1 is 0.824 bits per heavy atom. The third-order valence-corrected chi connectivity index (χ3v) is 5.99. The number of amides is 1. The van der Waals surface area contributed by atoms with Gasteiger partial charge in [0, 0.05) is 50.9 Å². The van der Waals surface area contributed by atoms with Crippen LogP contribution < -0.4 is 14.5 Å². The minimum Gasteiger partial charge on any atom is -0.457 e. The molecule has 3 heterocycles. The maximum absolute atomic E-state index is 13.1. The molecule has 0 aliphatic carbocycles. The molecule has 5 rings (SSSR count). The zero-order valence-electron chi connectivity index (χ0n) is 18.8. The third-order valence-electron chi connectivity index (χ3n) is 5.99. The lowest BCUT2D eigenvalue weighted by molar-refractivity contribution is 0.0746. The van der Waals surface area contributed by atoms with Gasteiger partial charge in [-0.25, -0.2) is 14.4 Å². The van der Waals surface area contributed by atoms with E-state index >= 15 is 0 Å². The van der Waals surface area contributed by atoms with Gasteiger partial charge < -0.3 is 24.2 Å². The Morgan fingerprint density at radius 3 is 2.21 bits per heavy atom. The Labute approximate surface area is 197 Å². The summed E-state index contributed by atoms with van der Waals surface area (Å²) >= 11 is 0. The van der Waals surface area contributed by atoms with Crippen molar-refractivity contribution in [2.75, 3.05) is 62.3 Å². The largest absolute Gasteiger partial charge is 0.457 e. The van der Waals surface area contributed by atoms with E-state index in [2.05, 4.69) is 19.8 Å². The fourth-order valence-corrected chi connectivity index (χ4v) is 4.13. The number of piperazine rings is 1. The van der Waals surface area contributed by atoms with Crippen LogP contribution in [0.1, 0.15) is 10.4 Å². The van der Waals surface area contributed by atoms with Crippen molar-refractivity contribution < 1.29 is 18.7 Å². The fourth-order valence-electron chi connectivity index (χ4n) is 4.13. The summed E-state index contributed by atoms with van der Waals surface area (Å²) in [7, 11) is 0. The van der Waals surface area contributed by atoms with Gasteiger partial charge in [0.1, 0.15) is 35.3 Å². The van der Waals surface area contributed by atoms with Gasteiger partial charge in [0.05, 0.1) is 13.2 Å². The molecular formula is C25H26FN5O3. The summed E-state index contributed by atoms with van der Waals surface area (Å²) < 4.78 is 24.3. The standard InChI is InChI=1S/C25H26FN5O3/c26-20-4-6-21(7-5-20)34-22-3-1-2-19(16-22)25(32)31-10-8-29(9-11-31)23-17-24(28-18-27-23)30-12-14-33-15-13-30/h1-7,16-18H,8-15H2. The fraction of sp³-hybridized carbons (Fsp3) is 0.320. The van der Waals surface area contributed by atoms with Gasteiger partial charge in [-0.05, 0) is 42.5 Å². The average molecular weight is 464 g/mol. The summed E-state index contributed by atoms with van der Waals surface area (Å²) in [5, 5.41) is 0. The number of ether oxygens (including phenoxy) is 2. The molecule has 9 heteroatoms. The van der Waals surface area contributed by atoms with Crippen LogP contribution in [0, 0.1) is 5.82 Å². The number of benzene rings is 2. The third kappa shape index (κ3) is 5.09. The van der Waals surface area contributed by atoms with Gasteiger partial charge in [-0.2, -0.15) is 0 Å². The van der Waals surface area contributed by atoms with Crippen molar-refractivity contribution in [3.8, 4) is 11.5 Å². The predicted molar refractivity (Wildman–Crippen MR) is 126 cm³/mol. The predicted octanol–water partition coefficient (Wildman–Crippen LogP) is 3.21. The van der Waals surface area contributed by atoms with Crippen LogP contribution in [0.4, 0.5) is 16.0 Å². The van der Waals surface area contributed by atoms with E-state index in [1.54, 1.807) is 42.7 Å². The summed E-state index contributed by atoms with van der Waals surface area (Å²) in [6.45, 7) is 5.63. The van der Waals surface area contributed by atoms with Crippen LogP contribution in [0.25, 0.3) is 0 Å². The number of carbonyl (C=O) groups excluding carboxylic acids is 1. The summed E-state index contributed by atoms with van der Waals surface area (Å²) in [5.74, 6) is 2.47. The van der Waals surface area contributed by atoms with Gasteiger partial charge in [0.25, 0.3) is 5.91 Å². The molecule has 34 heavy (non-hydrogen) atoms. The van der Waals surface area contributed by atoms with Gasteiger partial charge in [0.2, 0.25) is 0 Å². The van der Waals surface area contributed by atoms with Crippen molar-refractivity contribution in [2.45, 2.75) is 0 Å².